The molecule has 0 unspecified atom stereocenters. The van der Waals surface area contributed by atoms with Crippen LogP contribution in [-0.2, 0) is 6.54 Å². The van der Waals surface area contributed by atoms with Gasteiger partial charge < -0.3 is 4.57 Å². The normalized spacial score (nSPS) is 11.8. The highest BCUT2D eigenvalue weighted by Crippen LogP contribution is 2.16. The van der Waals surface area contributed by atoms with Gasteiger partial charge in [-0.1, -0.05) is 18.2 Å². The van der Waals surface area contributed by atoms with Crippen molar-refractivity contribution in [1.82, 2.24) is 9.55 Å². The fourth-order valence-electron chi connectivity index (χ4n) is 2.01. The van der Waals surface area contributed by atoms with Crippen LogP contribution in [0, 0.1) is 12.7 Å². The molecule has 3 nitrogen and oxygen atoms in total. The first-order valence-corrected chi connectivity index (χ1v) is 7.45. The summed E-state index contributed by atoms with van der Waals surface area (Å²) in [5, 5.41) is 2.02. The van der Waals surface area contributed by atoms with Gasteiger partial charge in [-0.2, -0.15) is 0 Å². The Morgan fingerprint density at radius 1 is 1.24 bits per heavy atom. The van der Waals surface area contributed by atoms with Crippen LogP contribution in [-0.4, -0.2) is 9.55 Å². The molecule has 0 atom stereocenters. The van der Waals surface area contributed by atoms with E-state index in [1.807, 2.05) is 30.6 Å². The zero-order valence-electron chi connectivity index (χ0n) is 11.5. The van der Waals surface area contributed by atoms with E-state index in [1.54, 1.807) is 24.4 Å². The first kappa shape index (κ1) is 13.7. The third-order valence-corrected chi connectivity index (χ3v) is 4.11. The number of halogens is 1. The van der Waals surface area contributed by atoms with Gasteiger partial charge in [0.25, 0.3) is 0 Å². The SMILES string of the molecule is Cc1csc(=Nc2ccccc2F)n1Cc1cccnc1. The van der Waals surface area contributed by atoms with Crippen molar-refractivity contribution in [2.45, 2.75) is 13.5 Å². The lowest BCUT2D eigenvalue weighted by atomic mass is 10.3. The van der Waals surface area contributed by atoms with Gasteiger partial charge in [-0.25, -0.2) is 9.38 Å². The highest BCUT2D eigenvalue weighted by molar-refractivity contribution is 7.07. The standard InChI is InChI=1S/C16H14FN3S/c1-12-11-21-16(19-15-7-3-2-6-14(15)17)20(12)10-13-5-4-8-18-9-13/h2-9,11H,10H2,1H3. The number of nitrogens with zero attached hydrogens (tertiary/aromatic N) is 3. The van der Waals surface area contributed by atoms with Crippen LogP contribution < -0.4 is 4.80 Å². The van der Waals surface area contributed by atoms with Crippen LogP contribution in [0.1, 0.15) is 11.3 Å². The smallest absolute Gasteiger partial charge is 0.190 e. The molecule has 0 N–H and O–H groups in total. The summed E-state index contributed by atoms with van der Waals surface area (Å²) in [7, 11) is 0. The Bertz CT molecular complexity index is 806. The van der Waals surface area contributed by atoms with Gasteiger partial charge in [-0.15, -0.1) is 11.3 Å². The summed E-state index contributed by atoms with van der Waals surface area (Å²) in [4.78, 5) is 9.34. The quantitative estimate of drug-likeness (QED) is 0.725. The van der Waals surface area contributed by atoms with Gasteiger partial charge in [0.2, 0.25) is 0 Å². The molecule has 3 aromatic rings. The second-order valence-electron chi connectivity index (χ2n) is 4.67. The lowest BCUT2D eigenvalue weighted by Crippen LogP contribution is -2.17. The minimum atomic E-state index is -0.309. The van der Waals surface area contributed by atoms with Crippen LogP contribution in [0.25, 0.3) is 0 Å². The molecule has 0 radical (unpaired) electrons. The van der Waals surface area contributed by atoms with E-state index in [0.29, 0.717) is 12.2 Å². The molecule has 106 valence electrons. The van der Waals surface area contributed by atoms with Crippen molar-refractivity contribution in [3.63, 3.8) is 0 Å². The lowest BCUT2D eigenvalue weighted by Gasteiger charge is -2.05. The van der Waals surface area contributed by atoms with Crippen molar-refractivity contribution in [2.24, 2.45) is 4.99 Å². The number of hydrogen-bond donors (Lipinski definition) is 0. The number of aryl methyl sites for hydroxylation is 1. The summed E-state index contributed by atoms with van der Waals surface area (Å²) in [5.74, 6) is -0.309. The minimum Gasteiger partial charge on any atom is -0.317 e. The molecule has 21 heavy (non-hydrogen) atoms. The first-order chi connectivity index (χ1) is 10.2. The first-order valence-electron chi connectivity index (χ1n) is 6.57. The molecule has 0 fully saturated rings. The summed E-state index contributed by atoms with van der Waals surface area (Å²) >= 11 is 1.51. The maximum Gasteiger partial charge on any atom is 0.190 e. The van der Waals surface area contributed by atoms with Crippen LogP contribution in [0.3, 0.4) is 0 Å². The van der Waals surface area contributed by atoms with Crippen molar-refractivity contribution in [3.05, 3.63) is 76.0 Å². The van der Waals surface area contributed by atoms with Gasteiger partial charge in [0.1, 0.15) is 11.5 Å². The number of hydrogen-bond acceptors (Lipinski definition) is 3. The molecule has 0 spiro atoms. The van der Waals surface area contributed by atoms with Gasteiger partial charge in [0, 0.05) is 23.5 Å². The monoisotopic (exact) mass is 299 g/mol. The molecular weight excluding hydrogens is 285 g/mol. The second kappa shape index (κ2) is 6.01. The average Bonchev–Trinajstić information content (AvgIpc) is 2.84. The van der Waals surface area contributed by atoms with E-state index >= 15 is 0 Å². The van der Waals surface area contributed by atoms with E-state index in [0.717, 1.165) is 16.1 Å². The molecule has 0 amide bonds. The zero-order chi connectivity index (χ0) is 14.7. The molecule has 3 rings (SSSR count). The van der Waals surface area contributed by atoms with Gasteiger partial charge in [-0.05, 0) is 30.7 Å². The number of benzene rings is 1. The molecule has 0 aliphatic rings. The summed E-state index contributed by atoms with van der Waals surface area (Å²) in [6, 6.07) is 10.5. The van der Waals surface area contributed by atoms with Gasteiger partial charge in [-0.3, -0.25) is 4.98 Å². The summed E-state index contributed by atoms with van der Waals surface area (Å²) in [6.07, 6.45) is 3.58. The maximum atomic E-state index is 13.7. The molecule has 2 heterocycles. The van der Waals surface area contributed by atoms with Crippen molar-refractivity contribution < 1.29 is 4.39 Å². The van der Waals surface area contributed by atoms with Crippen molar-refractivity contribution >= 4 is 17.0 Å². The number of thiazole rings is 1. The number of aromatic nitrogens is 2. The molecular formula is C16H14FN3S. The van der Waals surface area contributed by atoms with Gasteiger partial charge in [0.05, 0.1) is 6.54 Å². The van der Waals surface area contributed by atoms with Crippen LogP contribution in [0.15, 0.2) is 59.2 Å². The lowest BCUT2D eigenvalue weighted by molar-refractivity contribution is 0.628. The molecule has 0 aliphatic heterocycles. The Hall–Kier alpha value is -2.27. The predicted molar refractivity (Wildman–Crippen MR) is 82.0 cm³/mol. The van der Waals surface area contributed by atoms with Gasteiger partial charge in [0.15, 0.2) is 4.80 Å². The molecule has 0 saturated carbocycles. The highest BCUT2D eigenvalue weighted by atomic mass is 32.1. The fraction of sp³-hybridized carbons (Fsp3) is 0.125. The number of rotatable bonds is 3. The Kier molecular flexibility index (Phi) is 3.92. The van der Waals surface area contributed by atoms with E-state index in [4.69, 9.17) is 0 Å². The summed E-state index contributed by atoms with van der Waals surface area (Å²) < 4.78 is 15.8. The average molecular weight is 299 g/mol. The summed E-state index contributed by atoms with van der Waals surface area (Å²) in [6.45, 7) is 2.70. The topological polar surface area (TPSA) is 30.2 Å². The Labute approximate surface area is 126 Å². The van der Waals surface area contributed by atoms with E-state index in [-0.39, 0.29) is 5.82 Å². The number of pyridine rings is 1. The van der Waals surface area contributed by atoms with Crippen molar-refractivity contribution in [1.29, 1.82) is 0 Å². The van der Waals surface area contributed by atoms with Crippen molar-refractivity contribution in [3.8, 4) is 0 Å². The van der Waals surface area contributed by atoms with Crippen molar-refractivity contribution in [2.75, 3.05) is 0 Å². The summed E-state index contributed by atoms with van der Waals surface area (Å²) in [5.41, 5.74) is 2.55. The van der Waals surface area contributed by atoms with Crippen LogP contribution in [0.2, 0.25) is 0 Å². The third kappa shape index (κ3) is 3.08. The second-order valence-corrected chi connectivity index (χ2v) is 5.51. The third-order valence-electron chi connectivity index (χ3n) is 3.12. The Balaban J connectivity index is 2.03. The van der Waals surface area contributed by atoms with E-state index in [2.05, 4.69) is 14.5 Å². The van der Waals surface area contributed by atoms with Crippen LogP contribution in [0.4, 0.5) is 10.1 Å². The molecule has 0 aliphatic carbocycles. The Morgan fingerprint density at radius 2 is 2.10 bits per heavy atom. The fourth-order valence-corrected chi connectivity index (χ4v) is 2.90. The van der Waals surface area contributed by atoms with Crippen LogP contribution in [0.5, 0.6) is 0 Å². The zero-order valence-corrected chi connectivity index (χ0v) is 12.3. The maximum absolute atomic E-state index is 13.7. The molecule has 2 aromatic heterocycles. The number of para-hydroxylation sites is 1. The van der Waals surface area contributed by atoms with E-state index in [1.165, 1.54) is 17.4 Å². The molecule has 5 heteroatoms. The molecule has 1 aromatic carbocycles. The molecule has 0 bridgehead atoms. The largest absolute Gasteiger partial charge is 0.317 e. The van der Waals surface area contributed by atoms with Crippen LogP contribution >= 0.6 is 11.3 Å². The predicted octanol–water partition coefficient (Wildman–Crippen LogP) is 3.67. The Morgan fingerprint density at radius 3 is 2.86 bits per heavy atom. The highest BCUT2D eigenvalue weighted by Gasteiger charge is 2.04. The molecule has 0 saturated heterocycles. The van der Waals surface area contributed by atoms with E-state index in [9.17, 15) is 4.39 Å². The van der Waals surface area contributed by atoms with Gasteiger partial charge >= 0.3 is 0 Å². The minimum absolute atomic E-state index is 0.309. The van der Waals surface area contributed by atoms with E-state index < -0.39 is 0 Å².